The van der Waals surface area contributed by atoms with Gasteiger partial charge >= 0.3 is 0 Å². The molecule has 0 bridgehead atoms. The maximum absolute atomic E-state index is 5.99. The smallest absolute Gasteiger partial charge is 0.104 e. The van der Waals surface area contributed by atoms with E-state index < -0.39 is 0 Å². The monoisotopic (exact) mass is 298 g/mol. The normalized spacial score (nSPS) is 12.3. The van der Waals surface area contributed by atoms with Crippen LogP contribution < -0.4 is 0 Å². The van der Waals surface area contributed by atoms with Crippen LogP contribution in [-0.2, 0) is 0 Å². The van der Waals surface area contributed by atoms with Gasteiger partial charge in [-0.1, -0.05) is 51.3 Å². The minimum atomic E-state index is -0.280. The van der Waals surface area contributed by atoms with Gasteiger partial charge in [0.2, 0.25) is 0 Å². The van der Waals surface area contributed by atoms with Gasteiger partial charge in [-0.15, -0.1) is 11.6 Å². The van der Waals surface area contributed by atoms with Gasteiger partial charge in [-0.05, 0) is 23.8 Å². The highest BCUT2D eigenvalue weighted by Crippen LogP contribution is 2.26. The molecule has 0 aliphatic carbocycles. The highest BCUT2D eigenvalue weighted by atomic mass is 79.9. The summed E-state index contributed by atoms with van der Waals surface area (Å²) in [7, 11) is 0. The van der Waals surface area contributed by atoms with Crippen molar-refractivity contribution in [3.8, 4) is 0 Å². The lowest BCUT2D eigenvalue weighted by atomic mass is 10.1. The number of rotatable bonds is 2. The van der Waals surface area contributed by atoms with Gasteiger partial charge in [0.1, 0.15) is 4.49 Å². The van der Waals surface area contributed by atoms with Crippen molar-refractivity contribution < 1.29 is 0 Å². The Morgan fingerprint density at radius 2 is 1.77 bits per heavy atom. The summed E-state index contributed by atoms with van der Waals surface area (Å²) in [5.41, 5.74) is 0.962. The molecule has 13 heavy (non-hydrogen) atoms. The zero-order valence-corrected chi connectivity index (χ0v) is 10.3. The number of alkyl halides is 1. The van der Waals surface area contributed by atoms with E-state index in [0.717, 1.165) is 10.0 Å². The van der Waals surface area contributed by atoms with Crippen LogP contribution in [0.1, 0.15) is 10.9 Å². The molecule has 4 heteroatoms. The molecule has 0 nitrogen and oxygen atoms in total. The van der Waals surface area contributed by atoms with Crippen molar-refractivity contribution in [1.82, 2.24) is 0 Å². The molecule has 0 heterocycles. The van der Waals surface area contributed by atoms with Crippen molar-refractivity contribution in [3.05, 3.63) is 44.9 Å². The summed E-state index contributed by atoms with van der Waals surface area (Å²) in [6, 6.07) is 7.66. The Bertz CT molecular complexity index is 301. The molecule has 1 aromatic rings. The van der Waals surface area contributed by atoms with Crippen molar-refractivity contribution in [1.29, 1.82) is 0 Å². The topological polar surface area (TPSA) is 0 Å². The molecular formula is C9H6BrCl3. The molecule has 0 N–H and O–H groups in total. The van der Waals surface area contributed by atoms with E-state index in [1.165, 1.54) is 0 Å². The van der Waals surface area contributed by atoms with Gasteiger partial charge in [0.05, 0.1) is 5.38 Å². The van der Waals surface area contributed by atoms with Crippen LogP contribution in [0.25, 0.3) is 0 Å². The molecule has 0 saturated carbocycles. The molecule has 0 amide bonds. The summed E-state index contributed by atoms with van der Waals surface area (Å²) in [4.78, 5) is 0. The quantitative estimate of drug-likeness (QED) is 0.671. The Hall–Kier alpha value is 0.310. The van der Waals surface area contributed by atoms with Crippen LogP contribution in [0, 0.1) is 0 Å². The first-order valence-corrected chi connectivity index (χ1v) is 5.50. The zero-order valence-electron chi connectivity index (χ0n) is 6.48. The second-order valence-electron chi connectivity index (χ2n) is 2.41. The van der Waals surface area contributed by atoms with Crippen LogP contribution in [0.2, 0.25) is 0 Å². The van der Waals surface area contributed by atoms with Crippen molar-refractivity contribution >= 4 is 50.7 Å². The molecular weight excluding hydrogens is 294 g/mol. The maximum Gasteiger partial charge on any atom is 0.104 e. The van der Waals surface area contributed by atoms with Crippen LogP contribution in [-0.4, -0.2) is 0 Å². The molecule has 1 atom stereocenters. The third-order valence-corrected chi connectivity index (χ3v) is 2.62. The van der Waals surface area contributed by atoms with Gasteiger partial charge in [0, 0.05) is 4.47 Å². The van der Waals surface area contributed by atoms with Gasteiger partial charge in [-0.2, -0.15) is 0 Å². The van der Waals surface area contributed by atoms with Crippen molar-refractivity contribution in [2.45, 2.75) is 5.38 Å². The molecule has 0 fully saturated rings. The Labute approximate surface area is 101 Å². The molecule has 70 valence electrons. The maximum atomic E-state index is 5.99. The third kappa shape index (κ3) is 3.90. The van der Waals surface area contributed by atoms with Crippen LogP contribution in [0.15, 0.2) is 39.3 Å². The Morgan fingerprint density at radius 1 is 1.23 bits per heavy atom. The molecule has 0 spiro atoms. The largest absolute Gasteiger partial charge is 0.113 e. The zero-order chi connectivity index (χ0) is 9.84. The molecule has 1 rings (SSSR count). The Balaban J connectivity index is 2.83. The predicted octanol–water partition coefficient (Wildman–Crippen LogP) is 5.05. The van der Waals surface area contributed by atoms with E-state index in [-0.39, 0.29) is 9.87 Å². The van der Waals surface area contributed by atoms with Crippen LogP contribution in [0.3, 0.4) is 0 Å². The van der Waals surface area contributed by atoms with E-state index in [2.05, 4.69) is 15.9 Å². The molecule has 0 saturated heterocycles. The molecule has 0 aliphatic heterocycles. The average molecular weight is 300 g/mol. The Morgan fingerprint density at radius 3 is 2.23 bits per heavy atom. The minimum Gasteiger partial charge on any atom is -0.113 e. The van der Waals surface area contributed by atoms with Gasteiger partial charge < -0.3 is 0 Å². The first kappa shape index (κ1) is 11.4. The van der Waals surface area contributed by atoms with Crippen molar-refractivity contribution in [2.75, 3.05) is 0 Å². The van der Waals surface area contributed by atoms with E-state index in [1.54, 1.807) is 6.08 Å². The lowest BCUT2D eigenvalue weighted by Gasteiger charge is -2.03. The SMILES string of the molecule is ClC(Cl)=CC(Cl)c1ccc(Br)cc1. The number of benzene rings is 1. The van der Waals surface area contributed by atoms with E-state index in [0.29, 0.717) is 0 Å². The molecule has 0 aliphatic rings. The summed E-state index contributed by atoms with van der Waals surface area (Å²) < 4.78 is 1.20. The lowest BCUT2D eigenvalue weighted by Crippen LogP contribution is -1.84. The highest BCUT2D eigenvalue weighted by molar-refractivity contribution is 9.10. The summed E-state index contributed by atoms with van der Waals surface area (Å²) in [5, 5.41) is -0.280. The third-order valence-electron chi connectivity index (χ3n) is 1.46. The second-order valence-corrected chi connectivity index (χ2v) is 4.80. The number of hydrogen-bond donors (Lipinski definition) is 0. The second kappa shape index (κ2) is 5.26. The minimum absolute atomic E-state index is 0.183. The van der Waals surface area contributed by atoms with Crippen LogP contribution in [0.5, 0.6) is 0 Å². The fourth-order valence-corrected chi connectivity index (χ4v) is 1.77. The first-order chi connectivity index (χ1) is 6.09. The number of hydrogen-bond acceptors (Lipinski definition) is 0. The molecule has 0 radical (unpaired) electrons. The van der Waals surface area contributed by atoms with Crippen molar-refractivity contribution in [3.63, 3.8) is 0 Å². The summed E-state index contributed by atoms with van der Waals surface area (Å²) in [6.07, 6.45) is 1.58. The standard InChI is InChI=1S/C9H6BrCl3/c10-7-3-1-6(2-4-7)8(11)5-9(12)13/h1-5,8H. The van der Waals surface area contributed by atoms with Gasteiger partial charge in [-0.3, -0.25) is 0 Å². The van der Waals surface area contributed by atoms with Crippen LogP contribution in [0.4, 0.5) is 0 Å². The van der Waals surface area contributed by atoms with E-state index in [1.807, 2.05) is 24.3 Å². The molecule has 0 aromatic heterocycles. The summed E-state index contributed by atoms with van der Waals surface area (Å²) in [6.45, 7) is 0. The van der Waals surface area contributed by atoms with E-state index >= 15 is 0 Å². The van der Waals surface area contributed by atoms with E-state index in [4.69, 9.17) is 34.8 Å². The fraction of sp³-hybridized carbons (Fsp3) is 0.111. The fourth-order valence-electron chi connectivity index (χ4n) is 0.853. The lowest BCUT2D eigenvalue weighted by molar-refractivity contribution is 1.21. The average Bonchev–Trinajstić information content (AvgIpc) is 2.04. The van der Waals surface area contributed by atoms with E-state index in [9.17, 15) is 0 Å². The molecule has 1 unspecified atom stereocenters. The first-order valence-electron chi connectivity index (χ1n) is 3.52. The number of halogens is 4. The molecule has 1 aromatic carbocycles. The van der Waals surface area contributed by atoms with Gasteiger partial charge in [-0.25, -0.2) is 0 Å². The highest BCUT2D eigenvalue weighted by Gasteiger charge is 2.04. The van der Waals surface area contributed by atoms with Crippen LogP contribution >= 0.6 is 50.7 Å². The van der Waals surface area contributed by atoms with Gasteiger partial charge in [0.15, 0.2) is 0 Å². The number of allylic oxidation sites excluding steroid dienone is 1. The summed E-state index contributed by atoms with van der Waals surface area (Å²) >= 11 is 20.3. The Kier molecular flexibility index (Phi) is 4.60. The van der Waals surface area contributed by atoms with Crippen molar-refractivity contribution in [2.24, 2.45) is 0 Å². The predicted molar refractivity (Wildman–Crippen MR) is 62.5 cm³/mol. The van der Waals surface area contributed by atoms with Gasteiger partial charge in [0.25, 0.3) is 0 Å². The summed E-state index contributed by atoms with van der Waals surface area (Å²) in [5.74, 6) is 0.